The van der Waals surface area contributed by atoms with Crippen LogP contribution in [-0.4, -0.2) is 36.7 Å². The van der Waals surface area contributed by atoms with Gasteiger partial charge in [-0.1, -0.05) is 30.3 Å². The molecule has 0 bridgehead atoms. The second kappa shape index (κ2) is 6.85. The molecule has 2 aromatic rings. The number of methoxy groups -OCH3 is 1. The highest BCUT2D eigenvalue weighted by atomic mass is 32.2. The normalized spacial score (nSPS) is 15.0. The fourth-order valence-electron chi connectivity index (χ4n) is 2.61. The number of hydrogen-bond donors (Lipinski definition) is 0. The average Bonchev–Trinajstić information content (AvgIpc) is 2.56. The van der Waals surface area contributed by atoms with Crippen LogP contribution in [0.5, 0.6) is 5.88 Å². The number of benzene rings is 1. The van der Waals surface area contributed by atoms with Gasteiger partial charge in [-0.15, -0.1) is 0 Å². The molecule has 3 nitrogen and oxygen atoms in total. The van der Waals surface area contributed by atoms with Crippen molar-refractivity contribution in [2.24, 2.45) is 0 Å². The number of thioether (sulfide) groups is 1. The molecule has 1 fully saturated rings. The number of nitrogens with zero attached hydrogens (tertiary/aromatic N) is 2. The minimum absolute atomic E-state index is 0.731. The first-order chi connectivity index (χ1) is 10.4. The van der Waals surface area contributed by atoms with Crippen LogP contribution in [-0.2, 0) is 6.42 Å². The number of anilines is 1. The lowest BCUT2D eigenvalue weighted by Crippen LogP contribution is -2.32. The van der Waals surface area contributed by atoms with Crippen LogP contribution in [0.1, 0.15) is 11.1 Å². The molecular weight excluding hydrogens is 280 g/mol. The van der Waals surface area contributed by atoms with Crippen molar-refractivity contribution in [2.75, 3.05) is 36.6 Å². The summed E-state index contributed by atoms with van der Waals surface area (Å²) in [6, 6.07) is 12.7. The summed E-state index contributed by atoms with van der Waals surface area (Å²) >= 11 is 2.02. The molecule has 0 radical (unpaired) electrons. The third kappa shape index (κ3) is 3.50. The molecule has 1 aliphatic rings. The molecule has 110 valence electrons. The highest BCUT2D eigenvalue weighted by Gasteiger charge is 2.14. The molecule has 4 heteroatoms. The van der Waals surface area contributed by atoms with Crippen molar-refractivity contribution in [3.63, 3.8) is 0 Å². The van der Waals surface area contributed by atoms with Gasteiger partial charge in [0.15, 0.2) is 0 Å². The molecule has 0 N–H and O–H groups in total. The minimum atomic E-state index is 0.731. The molecule has 1 aliphatic heterocycles. The van der Waals surface area contributed by atoms with Gasteiger partial charge in [0.2, 0.25) is 5.88 Å². The SMILES string of the molecule is COc1ncc(N2CCSCC2)cc1Cc1ccccc1. The number of aromatic nitrogens is 1. The highest BCUT2D eigenvalue weighted by Crippen LogP contribution is 2.26. The van der Waals surface area contributed by atoms with Crippen LogP contribution in [0.4, 0.5) is 5.69 Å². The molecule has 0 spiro atoms. The third-order valence-electron chi connectivity index (χ3n) is 3.72. The van der Waals surface area contributed by atoms with Crippen molar-refractivity contribution in [1.29, 1.82) is 0 Å². The van der Waals surface area contributed by atoms with Gasteiger partial charge in [-0.3, -0.25) is 0 Å². The molecule has 0 saturated carbocycles. The Balaban J connectivity index is 1.86. The van der Waals surface area contributed by atoms with Crippen LogP contribution in [0.15, 0.2) is 42.6 Å². The summed E-state index contributed by atoms with van der Waals surface area (Å²) in [4.78, 5) is 6.91. The quantitative estimate of drug-likeness (QED) is 0.865. The van der Waals surface area contributed by atoms with E-state index in [1.54, 1.807) is 7.11 Å². The number of ether oxygens (including phenoxy) is 1. The lowest BCUT2D eigenvalue weighted by molar-refractivity contribution is 0.393. The lowest BCUT2D eigenvalue weighted by Gasteiger charge is -2.28. The molecule has 0 amide bonds. The van der Waals surface area contributed by atoms with E-state index in [2.05, 4.69) is 40.2 Å². The first-order valence-electron chi connectivity index (χ1n) is 7.26. The topological polar surface area (TPSA) is 25.4 Å². The van der Waals surface area contributed by atoms with Gasteiger partial charge in [0, 0.05) is 36.6 Å². The van der Waals surface area contributed by atoms with E-state index in [0.717, 1.165) is 31.0 Å². The van der Waals surface area contributed by atoms with Crippen LogP contribution in [0.25, 0.3) is 0 Å². The number of pyridine rings is 1. The summed E-state index contributed by atoms with van der Waals surface area (Å²) < 4.78 is 5.43. The summed E-state index contributed by atoms with van der Waals surface area (Å²) in [5.41, 5.74) is 3.64. The van der Waals surface area contributed by atoms with Crippen molar-refractivity contribution in [1.82, 2.24) is 4.98 Å². The van der Waals surface area contributed by atoms with Crippen LogP contribution in [0, 0.1) is 0 Å². The summed E-state index contributed by atoms with van der Waals surface area (Å²) in [5, 5.41) is 0. The van der Waals surface area contributed by atoms with Crippen molar-refractivity contribution in [3.05, 3.63) is 53.7 Å². The Hall–Kier alpha value is -1.68. The molecular formula is C17H20N2OS. The second-order valence-corrected chi connectivity index (χ2v) is 6.35. The van der Waals surface area contributed by atoms with Gasteiger partial charge < -0.3 is 9.64 Å². The van der Waals surface area contributed by atoms with E-state index >= 15 is 0 Å². The molecule has 1 aromatic heterocycles. The van der Waals surface area contributed by atoms with Crippen LogP contribution >= 0.6 is 11.8 Å². The molecule has 1 aromatic carbocycles. The second-order valence-electron chi connectivity index (χ2n) is 5.12. The third-order valence-corrected chi connectivity index (χ3v) is 4.66. The first-order valence-corrected chi connectivity index (χ1v) is 8.42. The largest absolute Gasteiger partial charge is 0.481 e. The van der Waals surface area contributed by atoms with Crippen LogP contribution in [0.2, 0.25) is 0 Å². The molecule has 0 atom stereocenters. The van der Waals surface area contributed by atoms with Crippen molar-refractivity contribution >= 4 is 17.4 Å². The number of rotatable bonds is 4. The Labute approximate surface area is 130 Å². The monoisotopic (exact) mass is 300 g/mol. The van der Waals surface area contributed by atoms with E-state index in [-0.39, 0.29) is 0 Å². The first kappa shape index (κ1) is 14.3. The Morgan fingerprint density at radius 1 is 1.19 bits per heavy atom. The van der Waals surface area contributed by atoms with E-state index in [1.165, 1.54) is 22.8 Å². The van der Waals surface area contributed by atoms with Crippen molar-refractivity contribution < 1.29 is 4.74 Å². The molecule has 0 unspecified atom stereocenters. The summed E-state index contributed by atoms with van der Waals surface area (Å²) in [5.74, 6) is 3.12. The molecule has 3 rings (SSSR count). The number of hydrogen-bond acceptors (Lipinski definition) is 4. The molecule has 21 heavy (non-hydrogen) atoms. The van der Waals surface area contributed by atoms with Crippen molar-refractivity contribution in [2.45, 2.75) is 6.42 Å². The Morgan fingerprint density at radius 2 is 1.95 bits per heavy atom. The molecule has 2 heterocycles. The molecule has 1 saturated heterocycles. The Kier molecular flexibility index (Phi) is 4.65. The maximum atomic E-state index is 5.43. The van der Waals surface area contributed by atoms with Crippen LogP contribution < -0.4 is 9.64 Å². The zero-order valence-electron chi connectivity index (χ0n) is 12.3. The smallest absolute Gasteiger partial charge is 0.216 e. The van der Waals surface area contributed by atoms with E-state index in [4.69, 9.17) is 4.74 Å². The Morgan fingerprint density at radius 3 is 2.67 bits per heavy atom. The predicted octanol–water partition coefficient (Wildman–Crippen LogP) is 3.23. The zero-order chi connectivity index (χ0) is 14.5. The Bertz CT molecular complexity index is 583. The fraction of sp³-hybridized carbons (Fsp3) is 0.353. The predicted molar refractivity (Wildman–Crippen MR) is 89.6 cm³/mol. The summed E-state index contributed by atoms with van der Waals surface area (Å²) in [6.07, 6.45) is 2.79. The van der Waals surface area contributed by atoms with Gasteiger partial charge in [0.05, 0.1) is 19.0 Å². The van der Waals surface area contributed by atoms with Gasteiger partial charge in [0.25, 0.3) is 0 Å². The van der Waals surface area contributed by atoms with Gasteiger partial charge in [-0.25, -0.2) is 4.98 Å². The zero-order valence-corrected chi connectivity index (χ0v) is 13.1. The van der Waals surface area contributed by atoms with Gasteiger partial charge in [-0.2, -0.15) is 11.8 Å². The van der Waals surface area contributed by atoms with Crippen LogP contribution in [0.3, 0.4) is 0 Å². The maximum absolute atomic E-state index is 5.43. The summed E-state index contributed by atoms with van der Waals surface area (Å²) in [7, 11) is 1.69. The fourth-order valence-corrected chi connectivity index (χ4v) is 3.51. The van der Waals surface area contributed by atoms with E-state index < -0.39 is 0 Å². The van der Waals surface area contributed by atoms with Crippen molar-refractivity contribution in [3.8, 4) is 5.88 Å². The molecule has 0 aliphatic carbocycles. The van der Waals surface area contributed by atoms with Gasteiger partial charge >= 0.3 is 0 Å². The van der Waals surface area contributed by atoms with E-state index in [9.17, 15) is 0 Å². The van der Waals surface area contributed by atoms with E-state index in [0.29, 0.717) is 0 Å². The van der Waals surface area contributed by atoms with Gasteiger partial charge in [-0.05, 0) is 11.6 Å². The standard InChI is InChI=1S/C17H20N2OS/c1-20-17-15(11-14-5-3-2-4-6-14)12-16(13-18-17)19-7-9-21-10-8-19/h2-6,12-13H,7-11H2,1H3. The maximum Gasteiger partial charge on any atom is 0.216 e. The lowest BCUT2D eigenvalue weighted by atomic mass is 10.1. The van der Waals surface area contributed by atoms with Gasteiger partial charge in [0.1, 0.15) is 0 Å². The summed E-state index contributed by atoms with van der Waals surface area (Å²) in [6.45, 7) is 2.20. The highest BCUT2D eigenvalue weighted by molar-refractivity contribution is 7.99. The average molecular weight is 300 g/mol. The van der Waals surface area contributed by atoms with E-state index in [1.807, 2.05) is 24.0 Å². The minimum Gasteiger partial charge on any atom is -0.481 e.